The number of carbonyl (C=O) groups is 2. The fraction of sp³-hybridized carbons (Fsp3) is 0.917. The number of esters is 2. The van der Waals surface area contributed by atoms with Crippen LogP contribution >= 0.6 is 7.82 Å². The van der Waals surface area contributed by atoms with Crippen LogP contribution in [0.25, 0.3) is 0 Å². The van der Waals surface area contributed by atoms with E-state index in [4.69, 9.17) is 19.1 Å². The number of hydrogen-bond donors (Lipinski definition) is 5. The van der Waals surface area contributed by atoms with Crippen molar-refractivity contribution in [1.82, 2.24) is 0 Å². The predicted molar refractivity (Wildman–Crippen MR) is 245 cm³/mol. The van der Waals surface area contributed by atoms with Gasteiger partial charge in [-0.3, -0.25) is 18.6 Å². The van der Waals surface area contributed by atoms with Crippen molar-refractivity contribution < 1.29 is 58.0 Å². The van der Waals surface area contributed by atoms with Gasteiger partial charge in [-0.1, -0.05) is 187 Å². The fourth-order valence-corrected chi connectivity index (χ4v) is 7.87. The van der Waals surface area contributed by atoms with Gasteiger partial charge in [0.05, 0.1) is 32.0 Å². The molecule has 13 heteroatoms. The van der Waals surface area contributed by atoms with Crippen molar-refractivity contribution in [2.45, 2.75) is 251 Å². The largest absolute Gasteiger partial charge is 0.472 e. The standard InChI is InChI=1S/C48H93O12P/c1-4-5-6-7-24-29-34-45(51)46(52)35-30-25-22-27-32-37-48(54)60-44(41-59-61(55,56)58-39-43(50)38-49)40-57-47(53)36-31-26-21-19-17-15-13-11-9-8-10-12-14-16-18-20-23-28-33-42(2)3/h24,29,42-46,49-52H,4-23,25-28,30-41H2,1-3H3,(H,55,56)/b29-24-/t43-,44+,45-,46-/m0/s1. The molecule has 0 saturated carbocycles. The summed E-state index contributed by atoms with van der Waals surface area (Å²) in [4.78, 5) is 35.1. The molecule has 0 aromatic heterocycles. The molecule has 0 aliphatic heterocycles. The van der Waals surface area contributed by atoms with E-state index in [1.54, 1.807) is 0 Å². The van der Waals surface area contributed by atoms with Crippen LogP contribution in [0.4, 0.5) is 0 Å². The highest BCUT2D eigenvalue weighted by Crippen LogP contribution is 2.43. The molecule has 0 aromatic carbocycles. The first-order valence-electron chi connectivity index (χ1n) is 24.7. The van der Waals surface area contributed by atoms with Crippen molar-refractivity contribution in [3.05, 3.63) is 12.2 Å². The van der Waals surface area contributed by atoms with Gasteiger partial charge < -0.3 is 34.8 Å². The molecule has 362 valence electrons. The number of rotatable bonds is 46. The number of carbonyl (C=O) groups excluding carboxylic acids is 2. The minimum absolute atomic E-state index is 0.0887. The molecule has 12 nitrogen and oxygen atoms in total. The number of unbranched alkanes of at least 4 members (excludes halogenated alkanes) is 24. The Hall–Kier alpha value is -1.37. The fourth-order valence-electron chi connectivity index (χ4n) is 7.09. The third kappa shape index (κ3) is 42.4. The van der Waals surface area contributed by atoms with Crippen molar-refractivity contribution >= 4 is 19.8 Å². The third-order valence-electron chi connectivity index (χ3n) is 11.0. The summed E-state index contributed by atoms with van der Waals surface area (Å²) >= 11 is 0. The predicted octanol–water partition coefficient (Wildman–Crippen LogP) is 11.4. The average molecular weight is 893 g/mol. The van der Waals surface area contributed by atoms with Crippen molar-refractivity contribution in [2.75, 3.05) is 26.4 Å². The van der Waals surface area contributed by atoms with Gasteiger partial charge in [0, 0.05) is 12.8 Å². The zero-order valence-corrected chi connectivity index (χ0v) is 39.9. The molecule has 0 fully saturated rings. The van der Waals surface area contributed by atoms with E-state index >= 15 is 0 Å². The Kier molecular flexibility index (Phi) is 41.6. The first kappa shape index (κ1) is 59.6. The summed E-state index contributed by atoms with van der Waals surface area (Å²) in [5, 5.41) is 38.8. The second kappa shape index (κ2) is 42.6. The number of phosphoric acid groups is 1. The molecule has 0 aliphatic rings. The monoisotopic (exact) mass is 893 g/mol. The van der Waals surface area contributed by atoms with Crippen LogP contribution in [-0.2, 0) is 32.7 Å². The zero-order valence-electron chi connectivity index (χ0n) is 39.0. The molecule has 0 amide bonds. The molecule has 0 rings (SSSR count). The van der Waals surface area contributed by atoms with E-state index in [-0.39, 0.29) is 19.4 Å². The lowest BCUT2D eigenvalue weighted by molar-refractivity contribution is -0.161. The Bertz CT molecular complexity index is 1070. The van der Waals surface area contributed by atoms with Gasteiger partial charge in [-0.2, -0.15) is 0 Å². The van der Waals surface area contributed by atoms with Gasteiger partial charge in [-0.15, -0.1) is 0 Å². The summed E-state index contributed by atoms with van der Waals surface area (Å²) in [5.74, 6) is -0.188. The van der Waals surface area contributed by atoms with Gasteiger partial charge in [0.1, 0.15) is 12.7 Å². The van der Waals surface area contributed by atoms with Gasteiger partial charge >= 0.3 is 19.8 Å². The maximum Gasteiger partial charge on any atom is 0.472 e. The van der Waals surface area contributed by atoms with Gasteiger partial charge in [-0.25, -0.2) is 4.57 Å². The molecule has 0 aromatic rings. The van der Waals surface area contributed by atoms with Gasteiger partial charge in [-0.05, 0) is 44.4 Å². The molecule has 0 heterocycles. The van der Waals surface area contributed by atoms with Crippen LogP contribution in [0, 0.1) is 5.92 Å². The van der Waals surface area contributed by atoms with Crippen LogP contribution in [0.1, 0.15) is 226 Å². The molecule has 1 unspecified atom stereocenters. The van der Waals surface area contributed by atoms with Crippen LogP contribution in [0.2, 0.25) is 0 Å². The molecular weight excluding hydrogens is 799 g/mol. The molecule has 0 aliphatic carbocycles. The minimum atomic E-state index is -4.66. The maximum atomic E-state index is 12.7. The third-order valence-corrected chi connectivity index (χ3v) is 12.0. The number of ether oxygens (including phenoxy) is 2. The quantitative estimate of drug-likeness (QED) is 0.0169. The summed E-state index contributed by atoms with van der Waals surface area (Å²) in [6.07, 6.45) is 33.4. The van der Waals surface area contributed by atoms with Crippen LogP contribution in [-0.4, -0.2) is 88.1 Å². The second-order valence-electron chi connectivity index (χ2n) is 17.6. The number of aliphatic hydroxyl groups is 4. The van der Waals surface area contributed by atoms with Gasteiger partial charge in [0.2, 0.25) is 0 Å². The lowest BCUT2D eigenvalue weighted by Crippen LogP contribution is -2.29. The molecule has 0 spiro atoms. The van der Waals surface area contributed by atoms with Crippen molar-refractivity contribution in [2.24, 2.45) is 5.92 Å². The van der Waals surface area contributed by atoms with Crippen LogP contribution < -0.4 is 0 Å². The van der Waals surface area contributed by atoms with E-state index in [1.807, 2.05) is 6.08 Å². The molecule has 61 heavy (non-hydrogen) atoms. The summed E-state index contributed by atoms with van der Waals surface area (Å²) in [7, 11) is -4.66. The van der Waals surface area contributed by atoms with Crippen molar-refractivity contribution in [1.29, 1.82) is 0 Å². The van der Waals surface area contributed by atoms with Crippen molar-refractivity contribution in [3.8, 4) is 0 Å². The van der Waals surface area contributed by atoms with Gasteiger partial charge in [0.15, 0.2) is 6.10 Å². The van der Waals surface area contributed by atoms with Crippen LogP contribution in [0.15, 0.2) is 12.2 Å². The number of aliphatic hydroxyl groups excluding tert-OH is 4. The SMILES string of the molecule is CCCCC/C=C\C[C@H](O)[C@@H](O)CCCCCCCC(=O)O[C@H](COC(=O)CCCCCCCCCCCCCCCCCCCCC(C)C)COP(=O)(O)OC[C@@H](O)CO. The Balaban J connectivity index is 4.26. The van der Waals surface area contributed by atoms with E-state index in [1.165, 1.54) is 109 Å². The van der Waals surface area contributed by atoms with Crippen molar-refractivity contribution in [3.63, 3.8) is 0 Å². The summed E-state index contributed by atoms with van der Waals surface area (Å²) in [6.45, 7) is 4.53. The second-order valence-corrected chi connectivity index (χ2v) is 19.1. The smallest absolute Gasteiger partial charge is 0.462 e. The van der Waals surface area contributed by atoms with E-state index in [9.17, 15) is 34.4 Å². The summed E-state index contributed by atoms with van der Waals surface area (Å²) < 4.78 is 32.7. The molecule has 0 radical (unpaired) electrons. The van der Waals surface area contributed by atoms with Crippen LogP contribution in [0.5, 0.6) is 0 Å². The van der Waals surface area contributed by atoms with E-state index < -0.39 is 64.0 Å². The molecule has 0 saturated heterocycles. The molecular formula is C48H93O12P. The van der Waals surface area contributed by atoms with E-state index in [0.717, 1.165) is 63.7 Å². The van der Waals surface area contributed by atoms with E-state index in [0.29, 0.717) is 25.7 Å². The summed E-state index contributed by atoms with van der Waals surface area (Å²) in [6, 6.07) is 0. The molecule has 5 N–H and O–H groups in total. The average Bonchev–Trinajstić information content (AvgIpc) is 3.23. The zero-order chi connectivity index (χ0) is 45.2. The number of hydrogen-bond acceptors (Lipinski definition) is 11. The Labute approximate surface area is 371 Å². The number of allylic oxidation sites excluding steroid dienone is 1. The first-order chi connectivity index (χ1) is 29.4. The molecule has 5 atom stereocenters. The summed E-state index contributed by atoms with van der Waals surface area (Å²) in [5.41, 5.74) is 0. The lowest BCUT2D eigenvalue weighted by atomic mass is 10.0. The highest BCUT2D eigenvalue weighted by atomic mass is 31.2. The molecule has 0 bridgehead atoms. The highest BCUT2D eigenvalue weighted by molar-refractivity contribution is 7.47. The van der Waals surface area contributed by atoms with Gasteiger partial charge in [0.25, 0.3) is 0 Å². The maximum absolute atomic E-state index is 12.7. The van der Waals surface area contributed by atoms with E-state index in [2.05, 4.69) is 31.4 Å². The topological polar surface area (TPSA) is 189 Å². The Morgan fingerprint density at radius 2 is 1.02 bits per heavy atom. The Morgan fingerprint density at radius 3 is 1.51 bits per heavy atom. The van der Waals surface area contributed by atoms with Crippen LogP contribution in [0.3, 0.4) is 0 Å². The highest BCUT2D eigenvalue weighted by Gasteiger charge is 2.27. The normalized spacial score (nSPS) is 14.9. The first-order valence-corrected chi connectivity index (χ1v) is 26.2. The number of phosphoric ester groups is 1. The Morgan fingerprint density at radius 1 is 0.557 bits per heavy atom. The lowest BCUT2D eigenvalue weighted by Gasteiger charge is -2.20. The minimum Gasteiger partial charge on any atom is -0.462 e.